The minimum atomic E-state index is -0.112. The zero-order valence-corrected chi connectivity index (χ0v) is 31.9. The van der Waals surface area contributed by atoms with E-state index in [1.807, 2.05) is 49.4 Å². The molecule has 0 N–H and O–H groups in total. The summed E-state index contributed by atoms with van der Waals surface area (Å²) < 4.78 is 6.46. The Morgan fingerprint density at radius 1 is 0.673 bits per heavy atom. The fraction of sp³-hybridized carbons (Fsp3) is 0.157. The number of rotatable bonds is 9. The van der Waals surface area contributed by atoms with E-state index >= 15 is 0 Å². The van der Waals surface area contributed by atoms with Crippen LogP contribution in [0.2, 0.25) is 0 Å². The van der Waals surface area contributed by atoms with Crippen molar-refractivity contribution in [1.29, 1.82) is 0 Å². The van der Waals surface area contributed by atoms with Crippen molar-refractivity contribution in [2.24, 2.45) is 10.8 Å². The topological polar surface area (TPSA) is 51.8 Å². The molecule has 4 aromatic carbocycles. The minimum absolute atomic E-state index is 0.0237. The lowest BCUT2D eigenvalue weighted by Crippen LogP contribution is -2.21. The van der Waals surface area contributed by atoms with Crippen LogP contribution in [0.3, 0.4) is 0 Å². The molecule has 0 bridgehead atoms. The van der Waals surface area contributed by atoms with E-state index in [9.17, 15) is 0 Å². The first-order valence-corrected chi connectivity index (χ1v) is 19.1. The summed E-state index contributed by atoms with van der Waals surface area (Å²) in [5.74, 6) is 1.92. The summed E-state index contributed by atoms with van der Waals surface area (Å²) in [7, 11) is 0. The fourth-order valence-electron chi connectivity index (χ4n) is 7.37. The summed E-state index contributed by atoms with van der Waals surface area (Å²) in [4.78, 5) is 15.3. The zero-order chi connectivity index (χ0) is 37.8. The fourth-order valence-corrected chi connectivity index (χ4v) is 7.37. The smallest absolute Gasteiger partial charge is 0.164 e. The minimum Gasteiger partial charge on any atom is -0.456 e. The van der Waals surface area contributed by atoms with Crippen molar-refractivity contribution in [3.8, 4) is 22.8 Å². The molecule has 8 rings (SSSR count). The average Bonchev–Trinajstić information content (AvgIpc) is 3.59. The molecule has 4 nitrogen and oxygen atoms in total. The predicted octanol–water partition coefficient (Wildman–Crippen LogP) is 13.5. The summed E-state index contributed by atoms with van der Waals surface area (Å²) in [6.45, 7) is 8.77. The highest BCUT2D eigenvalue weighted by molar-refractivity contribution is 6.12. The SMILES string of the molecule is C/C=C\C=C/C1(C)C=CC(C2(C)C=CC(c3nc(-c4ccccc4)nc(-c4cccc5oc6cc(/C=C/C=C\c7ccccc7C)ccc6c45)n3)=CC2)=CC1. The molecule has 0 amide bonds. The second-order valence-electron chi connectivity index (χ2n) is 15.0. The van der Waals surface area contributed by atoms with Gasteiger partial charge in [0.15, 0.2) is 17.5 Å². The molecule has 2 heterocycles. The van der Waals surface area contributed by atoms with Crippen LogP contribution < -0.4 is 0 Å². The number of nitrogens with zero attached hydrogens (tertiary/aromatic N) is 3. The van der Waals surface area contributed by atoms with Crippen molar-refractivity contribution in [3.63, 3.8) is 0 Å². The van der Waals surface area contributed by atoms with Crippen LogP contribution in [0.25, 0.3) is 62.4 Å². The molecule has 0 aliphatic heterocycles. The van der Waals surface area contributed by atoms with Gasteiger partial charge in [-0.25, -0.2) is 15.0 Å². The van der Waals surface area contributed by atoms with Gasteiger partial charge in [0.2, 0.25) is 0 Å². The van der Waals surface area contributed by atoms with Gasteiger partial charge in [-0.1, -0.05) is 172 Å². The van der Waals surface area contributed by atoms with Crippen LogP contribution in [0.5, 0.6) is 0 Å². The molecule has 2 unspecified atom stereocenters. The Labute approximate surface area is 324 Å². The molecule has 0 saturated carbocycles. The summed E-state index contributed by atoms with van der Waals surface area (Å²) in [5, 5.41) is 2.02. The van der Waals surface area contributed by atoms with Crippen LogP contribution in [-0.4, -0.2) is 15.0 Å². The normalized spacial score (nSPS) is 20.1. The highest BCUT2D eigenvalue weighted by Crippen LogP contribution is 2.44. The molecule has 0 spiro atoms. The largest absolute Gasteiger partial charge is 0.456 e. The van der Waals surface area contributed by atoms with Crippen LogP contribution in [0, 0.1) is 17.8 Å². The molecule has 2 aliphatic rings. The lowest BCUT2D eigenvalue weighted by molar-refractivity contribution is 0.497. The Hall–Kier alpha value is -6.39. The maximum atomic E-state index is 6.46. The number of allylic oxidation sites excluding steroid dienone is 14. The third kappa shape index (κ3) is 7.54. The molecule has 0 saturated heterocycles. The number of hydrogen-bond acceptors (Lipinski definition) is 4. The van der Waals surface area contributed by atoms with Crippen molar-refractivity contribution in [2.45, 2.75) is 40.5 Å². The molecule has 2 atom stereocenters. The molecule has 55 heavy (non-hydrogen) atoms. The van der Waals surface area contributed by atoms with Gasteiger partial charge in [0, 0.05) is 38.3 Å². The van der Waals surface area contributed by atoms with E-state index in [4.69, 9.17) is 19.4 Å². The van der Waals surface area contributed by atoms with Crippen molar-refractivity contribution < 1.29 is 4.42 Å². The van der Waals surface area contributed by atoms with Crippen molar-refractivity contribution in [2.75, 3.05) is 0 Å². The summed E-state index contributed by atoms with van der Waals surface area (Å²) >= 11 is 0. The quantitative estimate of drug-likeness (QED) is 0.140. The number of fused-ring (bicyclic) bond motifs is 3. The molecule has 2 aliphatic carbocycles. The number of aromatic nitrogens is 3. The van der Waals surface area contributed by atoms with E-state index in [1.165, 1.54) is 16.7 Å². The first-order valence-electron chi connectivity index (χ1n) is 19.1. The number of aryl methyl sites for hydroxylation is 1. The highest BCUT2D eigenvalue weighted by atomic mass is 16.3. The molecule has 0 fully saturated rings. The summed E-state index contributed by atoms with van der Waals surface area (Å²) in [5.41, 5.74) is 9.25. The lowest BCUT2D eigenvalue weighted by Gasteiger charge is -2.34. The number of furan rings is 1. The summed E-state index contributed by atoms with van der Waals surface area (Å²) in [6.07, 6.45) is 32.6. The highest BCUT2D eigenvalue weighted by Gasteiger charge is 2.30. The Bertz CT molecular complexity index is 2650. The van der Waals surface area contributed by atoms with Crippen LogP contribution >= 0.6 is 0 Å². The predicted molar refractivity (Wildman–Crippen MR) is 231 cm³/mol. The maximum absolute atomic E-state index is 6.46. The van der Waals surface area contributed by atoms with Gasteiger partial charge in [0.1, 0.15) is 11.2 Å². The van der Waals surface area contributed by atoms with Gasteiger partial charge < -0.3 is 4.42 Å². The zero-order valence-electron chi connectivity index (χ0n) is 31.9. The van der Waals surface area contributed by atoms with Gasteiger partial charge in [0.25, 0.3) is 0 Å². The monoisotopic (exact) mass is 715 g/mol. The van der Waals surface area contributed by atoms with E-state index in [-0.39, 0.29) is 10.8 Å². The first-order chi connectivity index (χ1) is 26.8. The number of hydrogen-bond donors (Lipinski definition) is 0. The van der Waals surface area contributed by atoms with E-state index in [0.717, 1.165) is 57.0 Å². The Kier molecular flexibility index (Phi) is 9.82. The standard InChI is InChI=1S/C51H45N3O/c1-5-6-14-30-50(3)31-28-41(29-32-50)51(4)33-26-40(27-34-51)48-52-47(39-20-8-7-9-21-39)53-49(54-48)43-22-15-23-44-46(43)42-25-24-37(35-45(42)55-44)17-11-13-19-38-18-12-10-16-36(38)2/h5-31,33,35H,32,34H2,1-4H3/b6-5-,17-11+,19-13-,30-14-. The van der Waals surface area contributed by atoms with Crippen LogP contribution in [0.4, 0.5) is 0 Å². The van der Waals surface area contributed by atoms with Gasteiger partial charge in [-0.2, -0.15) is 0 Å². The van der Waals surface area contributed by atoms with E-state index in [2.05, 4.69) is 154 Å². The van der Waals surface area contributed by atoms with E-state index < -0.39 is 0 Å². The van der Waals surface area contributed by atoms with Crippen molar-refractivity contribution >= 4 is 39.7 Å². The van der Waals surface area contributed by atoms with Gasteiger partial charge in [-0.15, -0.1) is 0 Å². The Morgan fingerprint density at radius 2 is 1.47 bits per heavy atom. The number of benzene rings is 4. The van der Waals surface area contributed by atoms with Gasteiger partial charge in [-0.05, 0) is 67.2 Å². The Balaban J connectivity index is 1.12. The van der Waals surface area contributed by atoms with E-state index in [0.29, 0.717) is 17.5 Å². The second-order valence-corrected chi connectivity index (χ2v) is 15.0. The molecule has 0 radical (unpaired) electrons. The van der Waals surface area contributed by atoms with Crippen LogP contribution in [-0.2, 0) is 0 Å². The molecule has 4 heteroatoms. The van der Waals surface area contributed by atoms with Crippen molar-refractivity contribution in [3.05, 3.63) is 192 Å². The molecule has 6 aromatic rings. The molecular formula is C51H45N3O. The molecular weight excluding hydrogens is 671 g/mol. The van der Waals surface area contributed by atoms with Crippen molar-refractivity contribution in [1.82, 2.24) is 15.0 Å². The van der Waals surface area contributed by atoms with Gasteiger partial charge in [-0.3, -0.25) is 0 Å². The second kappa shape index (κ2) is 15.2. The van der Waals surface area contributed by atoms with Crippen LogP contribution in [0.1, 0.15) is 56.1 Å². The Morgan fingerprint density at radius 3 is 2.25 bits per heavy atom. The summed E-state index contributed by atoms with van der Waals surface area (Å²) in [6, 6.07) is 31.0. The van der Waals surface area contributed by atoms with Gasteiger partial charge in [0.05, 0.1) is 0 Å². The van der Waals surface area contributed by atoms with Gasteiger partial charge >= 0.3 is 0 Å². The third-order valence-corrected chi connectivity index (χ3v) is 10.8. The third-order valence-electron chi connectivity index (χ3n) is 10.8. The molecule has 2 aromatic heterocycles. The average molecular weight is 716 g/mol. The first kappa shape index (κ1) is 35.6. The maximum Gasteiger partial charge on any atom is 0.164 e. The lowest BCUT2D eigenvalue weighted by atomic mass is 9.71. The van der Waals surface area contributed by atoms with E-state index in [1.54, 1.807) is 0 Å². The van der Waals surface area contributed by atoms with Crippen LogP contribution in [0.15, 0.2) is 174 Å². The molecule has 270 valence electrons.